The number of non-ortho nitro benzene ring substituents is 2. The number of H-pyrrole nitrogens is 2. The molecule has 6 aromatic heterocycles. The second-order valence-corrected chi connectivity index (χ2v) is 13.8. The number of hydrogen-bond donors (Lipinski definition) is 2. The number of nitrogens with zero attached hydrogens (tertiary/aromatic N) is 8. The fourth-order valence-electron chi connectivity index (χ4n) is 7.36. The zero-order valence-electron chi connectivity index (χ0n) is 31.3. The van der Waals surface area contributed by atoms with Crippen molar-refractivity contribution in [3.63, 3.8) is 0 Å². The second kappa shape index (κ2) is 15.4. The number of rotatable bonds is 8. The van der Waals surface area contributed by atoms with Crippen molar-refractivity contribution in [2.24, 2.45) is 0 Å². The highest BCUT2D eigenvalue weighted by Crippen LogP contribution is 2.27. The number of nitro groups is 2. The number of pyridine rings is 4. The van der Waals surface area contributed by atoms with Crippen molar-refractivity contribution in [3.05, 3.63) is 209 Å². The van der Waals surface area contributed by atoms with E-state index in [0.717, 1.165) is 22.0 Å². The zero-order chi connectivity index (χ0) is 41.3. The molecule has 0 aliphatic carbocycles. The monoisotopic (exact) mass is 794 g/mol. The normalized spacial score (nSPS) is 11.2. The molecule has 10 rings (SSSR count). The highest BCUT2D eigenvalue weighted by molar-refractivity contribution is 6.04. The summed E-state index contributed by atoms with van der Waals surface area (Å²) in [4.78, 5) is 57.0. The third kappa shape index (κ3) is 6.68. The number of para-hydroxylation sites is 2. The summed E-state index contributed by atoms with van der Waals surface area (Å²) >= 11 is 0. The number of hydrogen-bond acceptors (Lipinski definition) is 10. The van der Waals surface area contributed by atoms with E-state index in [1.807, 2.05) is 78.9 Å². The van der Waals surface area contributed by atoms with Crippen LogP contribution in [0.25, 0.3) is 55.2 Å². The fourth-order valence-corrected chi connectivity index (χ4v) is 7.36. The summed E-state index contributed by atoms with van der Waals surface area (Å²) in [5.41, 5.74) is 5.97. The van der Waals surface area contributed by atoms with E-state index >= 15 is 0 Å². The summed E-state index contributed by atoms with van der Waals surface area (Å²) in [5.74, 6) is 0. The van der Waals surface area contributed by atoms with Gasteiger partial charge in [0.05, 0.1) is 43.4 Å². The van der Waals surface area contributed by atoms with E-state index in [-0.39, 0.29) is 22.5 Å². The molecule has 0 spiro atoms. The molecular formula is C44H30N10O6. The Kier molecular flexibility index (Phi) is 9.45. The van der Waals surface area contributed by atoms with Crippen molar-refractivity contribution < 1.29 is 9.85 Å². The van der Waals surface area contributed by atoms with E-state index in [4.69, 9.17) is 0 Å². The van der Waals surface area contributed by atoms with E-state index in [9.17, 15) is 29.8 Å². The molecule has 0 saturated heterocycles. The van der Waals surface area contributed by atoms with E-state index in [1.165, 1.54) is 24.3 Å². The molecule has 2 N–H and O–H groups in total. The van der Waals surface area contributed by atoms with Crippen molar-refractivity contribution in [1.82, 2.24) is 39.5 Å². The molecule has 16 heteroatoms. The van der Waals surface area contributed by atoms with E-state index in [1.54, 1.807) is 51.9 Å². The van der Waals surface area contributed by atoms with Gasteiger partial charge >= 0.3 is 0 Å². The lowest BCUT2D eigenvalue weighted by molar-refractivity contribution is -0.385. The molecule has 0 aliphatic rings. The number of nitro benzene ring substituents is 2. The second-order valence-electron chi connectivity index (χ2n) is 13.8. The van der Waals surface area contributed by atoms with Gasteiger partial charge in [-0.05, 0) is 59.7 Å². The molecule has 0 atom stereocenters. The van der Waals surface area contributed by atoms with Crippen LogP contribution >= 0.6 is 0 Å². The van der Waals surface area contributed by atoms with Gasteiger partial charge in [-0.2, -0.15) is 10.2 Å². The van der Waals surface area contributed by atoms with Gasteiger partial charge in [-0.25, -0.2) is 9.97 Å². The number of nitrogens with one attached hydrogen (secondary N) is 2. The summed E-state index contributed by atoms with van der Waals surface area (Å²) in [5, 5.41) is 39.2. The smallest absolute Gasteiger partial charge is 0.269 e. The standard InChI is InChI=1S/2C22H15N5O3/c28-22-19-18(13-14-6-4-9-16(12-14)27(29)30)24-25-20(19)17-10-5-11-23-21(17)26(22)15-7-2-1-3-8-15;28-22-19-18(13-14-8-10-16(11-9-14)27(29)30)24-25-20(19)17-7-4-12-23-21(17)26(22)15-5-2-1-3-6-15/h2*1-12H,13H2,(H,24,25). The molecule has 0 aliphatic heterocycles. The minimum absolute atomic E-state index is 0.00710. The van der Waals surface area contributed by atoms with E-state index < -0.39 is 9.85 Å². The maximum atomic E-state index is 13.5. The molecule has 6 heterocycles. The number of benzene rings is 4. The Labute approximate surface area is 337 Å². The number of aromatic nitrogens is 8. The van der Waals surface area contributed by atoms with Crippen molar-refractivity contribution >= 4 is 55.2 Å². The van der Waals surface area contributed by atoms with E-state index in [2.05, 4.69) is 30.4 Å². The molecule has 10 aromatic rings. The van der Waals surface area contributed by atoms with Crippen molar-refractivity contribution in [3.8, 4) is 11.4 Å². The van der Waals surface area contributed by atoms with Gasteiger partial charge in [0, 0.05) is 60.3 Å². The van der Waals surface area contributed by atoms with Gasteiger partial charge in [0.2, 0.25) is 0 Å². The maximum absolute atomic E-state index is 13.5. The van der Waals surface area contributed by atoms with Crippen LogP contribution in [-0.2, 0) is 12.8 Å². The third-order valence-corrected chi connectivity index (χ3v) is 10.1. The molecule has 0 radical (unpaired) electrons. The lowest BCUT2D eigenvalue weighted by Gasteiger charge is -2.10. The highest BCUT2D eigenvalue weighted by atomic mass is 16.6. The molecule has 0 saturated carbocycles. The molecule has 4 aromatic carbocycles. The largest absolute Gasteiger partial charge is 0.281 e. The van der Waals surface area contributed by atoms with Crippen LogP contribution in [0.15, 0.2) is 155 Å². The van der Waals surface area contributed by atoms with Crippen molar-refractivity contribution in [1.29, 1.82) is 0 Å². The molecule has 292 valence electrons. The van der Waals surface area contributed by atoms with Gasteiger partial charge in [0.1, 0.15) is 22.3 Å². The van der Waals surface area contributed by atoms with E-state index in [0.29, 0.717) is 68.6 Å². The zero-order valence-corrected chi connectivity index (χ0v) is 31.3. The average molecular weight is 795 g/mol. The number of aromatic amines is 2. The Morgan fingerprint density at radius 3 is 1.48 bits per heavy atom. The molecule has 0 bridgehead atoms. The minimum atomic E-state index is -0.437. The summed E-state index contributed by atoms with van der Waals surface area (Å²) in [6.07, 6.45) is 4.00. The van der Waals surface area contributed by atoms with Crippen LogP contribution < -0.4 is 11.1 Å². The van der Waals surface area contributed by atoms with Crippen molar-refractivity contribution in [2.45, 2.75) is 12.8 Å². The molecule has 60 heavy (non-hydrogen) atoms. The average Bonchev–Trinajstić information content (AvgIpc) is 3.90. The SMILES string of the molecule is O=c1c2c(Cc3ccc([N+](=O)[O-])cc3)[nH]nc2c2cccnc2n1-c1ccccc1.O=c1c2c(Cc3cccc([N+](=O)[O-])c3)[nH]nc2c2cccnc2n1-c1ccccc1. The first-order chi connectivity index (χ1) is 29.3. The van der Waals surface area contributed by atoms with Gasteiger partial charge in [0.25, 0.3) is 22.5 Å². The van der Waals surface area contributed by atoms with Gasteiger partial charge in [-0.1, -0.05) is 60.7 Å². The Hall–Kier alpha value is -8.66. The van der Waals surface area contributed by atoms with Crippen LogP contribution in [0.2, 0.25) is 0 Å². The Morgan fingerprint density at radius 1 is 0.517 bits per heavy atom. The van der Waals surface area contributed by atoms with Crippen LogP contribution in [0.3, 0.4) is 0 Å². The topological polar surface area (TPSA) is 213 Å². The molecule has 0 fully saturated rings. The first kappa shape index (κ1) is 36.9. The van der Waals surface area contributed by atoms with Crippen LogP contribution in [0.1, 0.15) is 22.5 Å². The lowest BCUT2D eigenvalue weighted by atomic mass is 10.1. The van der Waals surface area contributed by atoms with Crippen LogP contribution in [-0.4, -0.2) is 49.3 Å². The number of fused-ring (bicyclic) bond motifs is 6. The summed E-state index contributed by atoms with van der Waals surface area (Å²) in [7, 11) is 0. The predicted molar refractivity (Wildman–Crippen MR) is 226 cm³/mol. The first-order valence-corrected chi connectivity index (χ1v) is 18.6. The predicted octanol–water partition coefficient (Wildman–Crippen LogP) is 7.52. The van der Waals surface area contributed by atoms with Crippen LogP contribution in [0, 0.1) is 20.2 Å². The minimum Gasteiger partial charge on any atom is -0.281 e. The molecule has 0 unspecified atom stereocenters. The molecular weight excluding hydrogens is 765 g/mol. The van der Waals surface area contributed by atoms with Gasteiger partial charge in [0.15, 0.2) is 0 Å². The quantitative estimate of drug-likeness (QED) is 0.114. The maximum Gasteiger partial charge on any atom is 0.269 e. The molecule has 16 nitrogen and oxygen atoms in total. The van der Waals surface area contributed by atoms with Gasteiger partial charge in [-0.3, -0.25) is 49.1 Å². The van der Waals surface area contributed by atoms with Gasteiger partial charge in [-0.15, -0.1) is 0 Å². The summed E-state index contributed by atoms with van der Waals surface area (Å²) < 4.78 is 3.16. The Balaban J connectivity index is 0.000000154. The Bertz CT molecular complexity index is 3380. The third-order valence-electron chi connectivity index (χ3n) is 10.1. The summed E-state index contributed by atoms with van der Waals surface area (Å²) in [6.45, 7) is 0. The summed E-state index contributed by atoms with van der Waals surface area (Å²) in [6, 6.07) is 38.7. The van der Waals surface area contributed by atoms with Gasteiger partial charge < -0.3 is 0 Å². The van der Waals surface area contributed by atoms with Crippen LogP contribution in [0.5, 0.6) is 0 Å². The Morgan fingerprint density at radius 2 is 1.00 bits per heavy atom. The molecule has 0 amide bonds. The lowest BCUT2D eigenvalue weighted by Crippen LogP contribution is -2.20. The highest BCUT2D eigenvalue weighted by Gasteiger charge is 2.21. The van der Waals surface area contributed by atoms with Crippen molar-refractivity contribution in [2.75, 3.05) is 0 Å². The van der Waals surface area contributed by atoms with Crippen LogP contribution in [0.4, 0.5) is 11.4 Å². The first-order valence-electron chi connectivity index (χ1n) is 18.6. The fraction of sp³-hybridized carbons (Fsp3) is 0.0455.